The van der Waals surface area contributed by atoms with Crippen LogP contribution in [0.5, 0.6) is 0 Å². The molecule has 2 bridgehead atoms. The highest BCUT2D eigenvalue weighted by atomic mass is 35.5. The summed E-state index contributed by atoms with van der Waals surface area (Å²) in [6.45, 7) is 6.80. The van der Waals surface area contributed by atoms with E-state index in [2.05, 4.69) is 58.6 Å². The maximum Gasteiger partial charge on any atom is 0.266 e. The fourth-order valence-electron chi connectivity index (χ4n) is 9.07. The topological polar surface area (TPSA) is 98.6 Å². The van der Waals surface area contributed by atoms with E-state index in [1.54, 1.807) is 16.2 Å². The van der Waals surface area contributed by atoms with E-state index >= 15 is 0 Å². The van der Waals surface area contributed by atoms with Crippen LogP contribution in [-0.2, 0) is 39.0 Å². The molecule has 2 saturated carbocycles. The molecular weight excluding hydrogens is 806 g/mol. The van der Waals surface area contributed by atoms with Crippen molar-refractivity contribution in [3.8, 4) is 0 Å². The van der Waals surface area contributed by atoms with Crippen molar-refractivity contribution in [2.45, 2.75) is 64.4 Å². The summed E-state index contributed by atoms with van der Waals surface area (Å²) in [6.07, 6.45) is 7.02. The van der Waals surface area contributed by atoms with Crippen molar-refractivity contribution < 1.29 is 19.1 Å². The molecular formula is C45H44ClN5O4S3. The number of carbonyl (C=O) groups excluding carboxylic acids is 2. The zero-order valence-corrected chi connectivity index (χ0v) is 35.9. The van der Waals surface area contributed by atoms with Gasteiger partial charge in [0.2, 0.25) is 5.91 Å². The predicted octanol–water partition coefficient (Wildman–Crippen LogP) is 8.86. The summed E-state index contributed by atoms with van der Waals surface area (Å²) in [7, 11) is 2.04. The van der Waals surface area contributed by atoms with Gasteiger partial charge in [-0.05, 0) is 104 Å². The molecule has 4 heterocycles. The van der Waals surface area contributed by atoms with E-state index in [0.717, 1.165) is 69.1 Å². The fraction of sp³-hybridized carbons (Fsp3) is 0.356. The molecule has 6 atom stereocenters. The van der Waals surface area contributed by atoms with E-state index in [1.165, 1.54) is 17.3 Å². The number of thiazole rings is 1. The van der Waals surface area contributed by atoms with Crippen molar-refractivity contribution in [3.63, 3.8) is 0 Å². The van der Waals surface area contributed by atoms with Crippen molar-refractivity contribution >= 4 is 91.8 Å². The van der Waals surface area contributed by atoms with Crippen LogP contribution in [0.3, 0.4) is 0 Å². The monoisotopic (exact) mass is 849 g/mol. The van der Waals surface area contributed by atoms with Crippen LogP contribution in [0.25, 0.3) is 28.8 Å². The van der Waals surface area contributed by atoms with Gasteiger partial charge >= 0.3 is 0 Å². The Morgan fingerprint density at radius 3 is 2.52 bits per heavy atom. The van der Waals surface area contributed by atoms with E-state index in [9.17, 15) is 9.59 Å². The molecule has 1 N–H and O–H groups in total. The number of halogens is 1. The largest absolute Gasteiger partial charge is 0.354 e. The van der Waals surface area contributed by atoms with Gasteiger partial charge in [0.25, 0.3) is 5.91 Å². The lowest BCUT2D eigenvalue weighted by atomic mass is 9.84. The Labute approximate surface area is 356 Å². The molecule has 0 spiro atoms. The second-order valence-corrected chi connectivity index (χ2v) is 18.9. The van der Waals surface area contributed by atoms with Crippen LogP contribution < -0.4 is 5.32 Å². The van der Waals surface area contributed by atoms with Crippen LogP contribution >= 0.6 is 46.9 Å². The average Bonchev–Trinajstić information content (AvgIpc) is 4.06. The predicted molar refractivity (Wildman–Crippen MR) is 236 cm³/mol. The van der Waals surface area contributed by atoms with E-state index in [4.69, 9.17) is 43.3 Å². The van der Waals surface area contributed by atoms with E-state index in [1.807, 2.05) is 63.4 Å². The minimum Gasteiger partial charge on any atom is -0.354 e. The molecule has 4 aliphatic rings. The summed E-state index contributed by atoms with van der Waals surface area (Å²) < 4.78 is 16.1. The molecule has 2 aliphatic heterocycles. The molecule has 9 nitrogen and oxygen atoms in total. The number of amides is 2. The third-order valence-electron chi connectivity index (χ3n) is 11.9. The van der Waals surface area contributed by atoms with Gasteiger partial charge in [0.15, 0.2) is 5.79 Å². The van der Waals surface area contributed by atoms with Gasteiger partial charge in [0, 0.05) is 48.6 Å². The number of hydrogen-bond donors (Lipinski definition) is 1. The summed E-state index contributed by atoms with van der Waals surface area (Å²) in [5.74, 6) is 0.0758. The number of nitrogens with one attached hydrogen (secondary N) is 1. The van der Waals surface area contributed by atoms with Crippen LogP contribution in [-0.4, -0.2) is 66.7 Å². The standard InChI is InChI=1S/C45H44ClN5O4S3/c1-5-26-6-8-28(9-7-26)20-37-43(53)51(44(56)58-37)17-16-47-41(52)33-22-30-21-32(33)39-38(30)54-45(3,55-39)23-29-12-15-36-35(19-29)49-40(50(36)4)34(42-48-25(2)24-57-42)18-27-10-13-31(46)14-11-27/h6-15,18-20,24,30,32-33,38-39H,5,16-17,21-23H2,1-4H3,(H,47,52)/b34-18+,37-20-/t30-,32+,33-,38-,39+,45?/m0/s1. The van der Waals surface area contributed by atoms with Crippen LogP contribution in [0.4, 0.5) is 0 Å². The molecule has 0 radical (unpaired) electrons. The lowest BCUT2D eigenvalue weighted by Crippen LogP contribution is -2.44. The Bertz CT molecular complexity index is 2500. The minimum absolute atomic E-state index is 0.00829. The molecule has 1 unspecified atom stereocenters. The molecule has 298 valence electrons. The molecule has 58 heavy (non-hydrogen) atoms. The van der Waals surface area contributed by atoms with Crippen LogP contribution in [0, 0.1) is 24.7 Å². The number of carbonyl (C=O) groups is 2. The third-order valence-corrected chi connectivity index (χ3v) is 14.5. The van der Waals surface area contributed by atoms with Crippen LogP contribution in [0.1, 0.15) is 65.5 Å². The zero-order valence-electron chi connectivity index (χ0n) is 32.7. The first-order valence-electron chi connectivity index (χ1n) is 19.8. The smallest absolute Gasteiger partial charge is 0.266 e. The van der Waals surface area contributed by atoms with Crippen molar-refractivity contribution in [3.05, 3.63) is 121 Å². The molecule has 4 fully saturated rings. The van der Waals surface area contributed by atoms with Gasteiger partial charge in [-0.15, -0.1) is 11.3 Å². The summed E-state index contributed by atoms with van der Waals surface area (Å²) in [5.41, 5.74) is 8.10. The van der Waals surface area contributed by atoms with E-state index in [0.29, 0.717) is 33.8 Å². The maximum absolute atomic E-state index is 13.6. The van der Waals surface area contributed by atoms with E-state index in [-0.39, 0.29) is 41.8 Å². The molecule has 9 rings (SSSR count). The summed E-state index contributed by atoms with van der Waals surface area (Å²) in [6, 6.07) is 22.3. The second kappa shape index (κ2) is 15.8. The van der Waals surface area contributed by atoms with Crippen LogP contribution in [0.2, 0.25) is 5.02 Å². The Balaban J connectivity index is 0.840. The lowest BCUT2D eigenvalue weighted by Gasteiger charge is -2.28. The molecule has 2 aliphatic carbocycles. The molecule has 3 aromatic carbocycles. The van der Waals surface area contributed by atoms with Crippen molar-refractivity contribution in [2.75, 3.05) is 13.1 Å². The van der Waals surface area contributed by atoms with Crippen LogP contribution in [0.15, 0.2) is 77.0 Å². The fourth-order valence-corrected chi connectivity index (χ4v) is 11.3. The number of benzene rings is 3. The molecule has 5 aromatic rings. The summed E-state index contributed by atoms with van der Waals surface area (Å²) in [4.78, 5) is 39.0. The van der Waals surface area contributed by atoms with Crippen molar-refractivity contribution in [1.29, 1.82) is 0 Å². The summed E-state index contributed by atoms with van der Waals surface area (Å²) in [5, 5.41) is 6.76. The second-order valence-electron chi connectivity index (χ2n) is 15.9. The van der Waals surface area contributed by atoms with Gasteiger partial charge in [-0.3, -0.25) is 14.5 Å². The Kier molecular flexibility index (Phi) is 10.7. The van der Waals surface area contributed by atoms with Gasteiger partial charge in [0.05, 0.1) is 33.7 Å². The SMILES string of the molecule is CCc1ccc(/C=C2\SC(=S)N(CCNC(=O)[C@H]3C[C@@H]4C[C@H]3[C@H]3OC(C)(Cc5ccc6c(c5)nc(/C(=C\c5ccc(Cl)cc5)c5nc(C)cs5)n6C)O[C@@H]43)C2=O)cc1. The quantitative estimate of drug-likeness (QED) is 0.104. The highest BCUT2D eigenvalue weighted by Crippen LogP contribution is 2.56. The zero-order chi connectivity index (χ0) is 40.3. The Hall–Kier alpha value is -4.17. The number of nitrogens with zero attached hydrogens (tertiary/aromatic N) is 4. The normalized spacial score (nSPS) is 26.1. The molecule has 2 saturated heterocycles. The minimum atomic E-state index is -0.826. The lowest BCUT2D eigenvalue weighted by molar-refractivity contribution is -0.171. The first-order chi connectivity index (χ1) is 27.9. The molecule has 2 aromatic heterocycles. The van der Waals surface area contributed by atoms with Crippen molar-refractivity contribution in [2.24, 2.45) is 24.8 Å². The third kappa shape index (κ3) is 7.59. The number of aromatic nitrogens is 3. The Morgan fingerprint density at radius 2 is 1.78 bits per heavy atom. The molecule has 13 heteroatoms. The highest BCUT2D eigenvalue weighted by molar-refractivity contribution is 8.26. The van der Waals surface area contributed by atoms with Gasteiger partial charge in [-0.2, -0.15) is 0 Å². The first-order valence-corrected chi connectivity index (χ1v) is 22.3. The number of ether oxygens (including phenoxy) is 2. The highest BCUT2D eigenvalue weighted by Gasteiger charge is 2.62. The van der Waals surface area contributed by atoms with Gasteiger partial charge in [0.1, 0.15) is 15.2 Å². The number of fused-ring (bicyclic) bond motifs is 6. The van der Waals surface area contributed by atoms with E-state index < -0.39 is 5.79 Å². The Morgan fingerprint density at radius 1 is 1.03 bits per heavy atom. The van der Waals surface area contributed by atoms with Gasteiger partial charge in [-0.25, -0.2) is 9.97 Å². The van der Waals surface area contributed by atoms with Crippen molar-refractivity contribution in [1.82, 2.24) is 24.8 Å². The number of rotatable bonds is 11. The number of aryl methyl sites for hydroxylation is 3. The summed E-state index contributed by atoms with van der Waals surface area (Å²) >= 11 is 14.7. The average molecular weight is 851 g/mol. The number of thiocarbonyl (C=S) groups is 1. The maximum atomic E-state index is 13.6. The van der Waals surface area contributed by atoms with Gasteiger partial charge < -0.3 is 19.4 Å². The molecule has 2 amide bonds. The number of thioether (sulfide) groups is 1. The van der Waals surface area contributed by atoms with Gasteiger partial charge in [-0.1, -0.05) is 85.0 Å². The number of hydrogen-bond acceptors (Lipinski definition) is 9. The first kappa shape index (κ1) is 39.3. The number of imidazole rings is 1.